The number of thiophene rings is 1. The van der Waals surface area contributed by atoms with E-state index in [1.54, 1.807) is 27.6 Å². The fourth-order valence-corrected chi connectivity index (χ4v) is 4.19. The minimum Gasteiger partial charge on any atom is -0.315 e. The zero-order valence-electron chi connectivity index (χ0n) is 11.4. The first-order valence-corrected chi connectivity index (χ1v) is 8.37. The molecule has 2 aromatic heterocycles. The van der Waals surface area contributed by atoms with Crippen LogP contribution in [0.1, 0.15) is 5.56 Å². The number of thiazole rings is 1. The van der Waals surface area contributed by atoms with Gasteiger partial charge in [0.15, 0.2) is 0 Å². The van der Waals surface area contributed by atoms with Crippen LogP contribution in [0, 0.1) is 0 Å². The van der Waals surface area contributed by atoms with Crippen LogP contribution in [0.2, 0.25) is 0 Å². The normalized spacial score (nSPS) is 13.8. The topological polar surface area (TPSA) is 33.2 Å². The zero-order chi connectivity index (χ0) is 14.4. The summed E-state index contributed by atoms with van der Waals surface area (Å²) in [4.78, 5) is 19.4. The van der Waals surface area contributed by atoms with Crippen LogP contribution in [0.4, 0.5) is 5.69 Å². The SMILES string of the molecule is CN1C(=O)Cc2cc(-c3csc(-c4cccs4)n3)ccc21. The molecule has 0 saturated carbocycles. The van der Waals surface area contributed by atoms with Gasteiger partial charge in [0.25, 0.3) is 0 Å². The average molecular weight is 312 g/mol. The van der Waals surface area contributed by atoms with E-state index >= 15 is 0 Å². The number of hydrogen-bond acceptors (Lipinski definition) is 4. The first kappa shape index (κ1) is 12.7. The third-order valence-corrected chi connectivity index (χ3v) is 5.57. The lowest BCUT2D eigenvalue weighted by Gasteiger charge is -2.09. The van der Waals surface area contributed by atoms with Crippen molar-refractivity contribution in [3.05, 3.63) is 46.7 Å². The smallest absolute Gasteiger partial charge is 0.231 e. The summed E-state index contributed by atoms with van der Waals surface area (Å²) in [5.74, 6) is 0.153. The van der Waals surface area contributed by atoms with Crippen molar-refractivity contribution in [1.82, 2.24) is 4.98 Å². The van der Waals surface area contributed by atoms with Crippen LogP contribution in [0.5, 0.6) is 0 Å². The lowest BCUT2D eigenvalue weighted by molar-refractivity contribution is -0.117. The minimum atomic E-state index is 0.153. The van der Waals surface area contributed by atoms with Gasteiger partial charge in [-0.15, -0.1) is 22.7 Å². The quantitative estimate of drug-likeness (QED) is 0.715. The van der Waals surface area contributed by atoms with Gasteiger partial charge in [0.2, 0.25) is 5.91 Å². The number of rotatable bonds is 2. The molecule has 3 heterocycles. The zero-order valence-corrected chi connectivity index (χ0v) is 13.0. The van der Waals surface area contributed by atoms with E-state index in [1.165, 1.54) is 4.88 Å². The predicted octanol–water partition coefficient (Wildman–Crippen LogP) is 4.06. The molecular formula is C16H12N2OS2. The minimum absolute atomic E-state index is 0.153. The molecule has 0 aliphatic carbocycles. The fourth-order valence-electron chi connectivity index (χ4n) is 2.55. The van der Waals surface area contributed by atoms with E-state index in [0.717, 1.165) is 27.5 Å². The lowest BCUT2D eigenvalue weighted by Crippen LogP contribution is -2.20. The van der Waals surface area contributed by atoms with E-state index in [2.05, 4.69) is 22.9 Å². The summed E-state index contributed by atoms with van der Waals surface area (Å²) in [6.45, 7) is 0. The second-order valence-corrected chi connectivity index (χ2v) is 6.79. The monoisotopic (exact) mass is 312 g/mol. The molecule has 1 amide bonds. The molecule has 0 spiro atoms. The van der Waals surface area contributed by atoms with Crippen molar-refractivity contribution < 1.29 is 4.79 Å². The van der Waals surface area contributed by atoms with Crippen LogP contribution in [0.15, 0.2) is 41.1 Å². The van der Waals surface area contributed by atoms with Crippen LogP contribution < -0.4 is 4.90 Å². The van der Waals surface area contributed by atoms with Gasteiger partial charge in [0.05, 0.1) is 17.0 Å². The maximum atomic E-state index is 11.8. The summed E-state index contributed by atoms with van der Waals surface area (Å²) in [5.41, 5.74) is 4.16. The Kier molecular flexibility index (Phi) is 2.90. The summed E-state index contributed by atoms with van der Waals surface area (Å²) >= 11 is 3.36. The van der Waals surface area contributed by atoms with Gasteiger partial charge in [-0.2, -0.15) is 0 Å². The highest BCUT2D eigenvalue weighted by molar-refractivity contribution is 7.20. The third-order valence-electron chi connectivity index (χ3n) is 3.69. The van der Waals surface area contributed by atoms with Gasteiger partial charge >= 0.3 is 0 Å². The van der Waals surface area contributed by atoms with E-state index in [0.29, 0.717) is 6.42 Å². The number of aromatic nitrogens is 1. The van der Waals surface area contributed by atoms with Gasteiger partial charge in [-0.3, -0.25) is 4.79 Å². The van der Waals surface area contributed by atoms with Gasteiger partial charge < -0.3 is 4.90 Å². The first-order chi connectivity index (χ1) is 10.2. The molecule has 0 saturated heterocycles. The molecule has 0 fully saturated rings. The Morgan fingerprint density at radius 1 is 1.24 bits per heavy atom. The molecule has 0 bridgehead atoms. The Balaban J connectivity index is 1.72. The third kappa shape index (κ3) is 2.09. The summed E-state index contributed by atoms with van der Waals surface area (Å²) in [6, 6.07) is 10.3. The highest BCUT2D eigenvalue weighted by atomic mass is 32.1. The van der Waals surface area contributed by atoms with E-state index in [1.807, 2.05) is 25.2 Å². The maximum absolute atomic E-state index is 11.8. The highest BCUT2D eigenvalue weighted by Crippen LogP contribution is 2.35. The molecule has 3 nitrogen and oxygen atoms in total. The number of benzene rings is 1. The van der Waals surface area contributed by atoms with Gasteiger partial charge in [0, 0.05) is 23.7 Å². The largest absolute Gasteiger partial charge is 0.315 e. The van der Waals surface area contributed by atoms with Gasteiger partial charge in [-0.05, 0) is 29.1 Å². The number of carbonyl (C=O) groups excluding carboxylic acids is 1. The fraction of sp³-hybridized carbons (Fsp3) is 0.125. The van der Waals surface area contributed by atoms with Gasteiger partial charge in [0.1, 0.15) is 5.01 Å². The van der Waals surface area contributed by atoms with Gasteiger partial charge in [-0.25, -0.2) is 4.98 Å². The summed E-state index contributed by atoms with van der Waals surface area (Å²) in [5, 5.41) is 5.19. The van der Waals surface area contributed by atoms with Crippen LogP contribution in [-0.4, -0.2) is 17.9 Å². The average Bonchev–Trinajstić information content (AvgIpc) is 3.20. The number of likely N-dealkylation sites (N-methyl/N-ethyl adjacent to an activating group) is 1. The van der Waals surface area contributed by atoms with E-state index in [-0.39, 0.29) is 5.91 Å². The number of amides is 1. The Labute approximate surface area is 130 Å². The number of hydrogen-bond donors (Lipinski definition) is 0. The number of anilines is 1. The number of carbonyl (C=O) groups is 1. The molecule has 5 heteroatoms. The molecule has 0 unspecified atom stereocenters. The van der Waals surface area contributed by atoms with Crippen molar-refractivity contribution in [1.29, 1.82) is 0 Å². The Morgan fingerprint density at radius 2 is 2.14 bits per heavy atom. The molecule has 4 rings (SSSR count). The number of fused-ring (bicyclic) bond motifs is 1. The molecule has 1 aliphatic rings. The first-order valence-electron chi connectivity index (χ1n) is 6.61. The Bertz CT molecular complexity index is 821. The molecule has 1 aliphatic heterocycles. The van der Waals surface area contributed by atoms with Crippen molar-refractivity contribution >= 4 is 34.3 Å². The van der Waals surface area contributed by atoms with E-state index in [9.17, 15) is 4.79 Å². The van der Waals surface area contributed by atoms with Crippen LogP contribution in [0.25, 0.3) is 21.1 Å². The molecule has 104 valence electrons. The second kappa shape index (κ2) is 4.79. The molecule has 21 heavy (non-hydrogen) atoms. The van der Waals surface area contributed by atoms with Crippen molar-refractivity contribution in [2.75, 3.05) is 11.9 Å². The molecule has 0 radical (unpaired) electrons. The second-order valence-electron chi connectivity index (χ2n) is 4.99. The molecule has 3 aromatic rings. The standard InChI is InChI=1S/C16H12N2OS2/c1-18-13-5-4-10(7-11(13)8-15(18)19)12-9-21-16(17-12)14-3-2-6-20-14/h2-7,9H,8H2,1H3. The Hall–Kier alpha value is -1.98. The van der Waals surface area contributed by atoms with Crippen LogP contribution in [0.3, 0.4) is 0 Å². The highest BCUT2D eigenvalue weighted by Gasteiger charge is 2.24. The summed E-state index contributed by atoms with van der Waals surface area (Å²) < 4.78 is 0. The van der Waals surface area contributed by atoms with Crippen LogP contribution >= 0.6 is 22.7 Å². The van der Waals surface area contributed by atoms with E-state index < -0.39 is 0 Å². The molecule has 1 aromatic carbocycles. The number of nitrogens with zero attached hydrogens (tertiary/aromatic N) is 2. The predicted molar refractivity (Wildman–Crippen MR) is 88.0 cm³/mol. The van der Waals surface area contributed by atoms with Crippen molar-refractivity contribution in [3.63, 3.8) is 0 Å². The van der Waals surface area contributed by atoms with Crippen molar-refractivity contribution in [2.24, 2.45) is 0 Å². The molecular weight excluding hydrogens is 300 g/mol. The maximum Gasteiger partial charge on any atom is 0.231 e. The Morgan fingerprint density at radius 3 is 2.95 bits per heavy atom. The van der Waals surface area contributed by atoms with Crippen LogP contribution in [-0.2, 0) is 11.2 Å². The van der Waals surface area contributed by atoms with E-state index in [4.69, 9.17) is 4.98 Å². The van der Waals surface area contributed by atoms with Crippen molar-refractivity contribution in [3.8, 4) is 21.1 Å². The summed E-state index contributed by atoms with van der Waals surface area (Å²) in [7, 11) is 1.82. The molecule has 0 N–H and O–H groups in total. The lowest BCUT2D eigenvalue weighted by atomic mass is 10.1. The molecule has 0 atom stereocenters. The van der Waals surface area contributed by atoms with Gasteiger partial charge in [-0.1, -0.05) is 12.1 Å². The summed E-state index contributed by atoms with van der Waals surface area (Å²) in [6.07, 6.45) is 0.488. The van der Waals surface area contributed by atoms with Crippen molar-refractivity contribution in [2.45, 2.75) is 6.42 Å².